The Balaban J connectivity index is 2.30. The molecule has 1 amide bonds. The number of hydrogen-bond donors (Lipinski definition) is 2. The molecule has 2 rings (SSSR count). The Morgan fingerprint density at radius 1 is 1.25 bits per heavy atom. The van der Waals surface area contributed by atoms with E-state index in [1.807, 2.05) is 0 Å². The first-order valence-corrected chi connectivity index (χ1v) is 6.53. The number of nitrogens with zero attached hydrogens (tertiary/aromatic N) is 1. The number of benzene rings is 1. The van der Waals surface area contributed by atoms with Crippen LogP contribution in [0.2, 0.25) is 0 Å². The quantitative estimate of drug-likeness (QED) is 0.903. The van der Waals surface area contributed by atoms with Crippen LogP contribution in [0, 0.1) is 6.92 Å². The zero-order valence-electron chi connectivity index (χ0n) is 10.6. The van der Waals surface area contributed by atoms with Gasteiger partial charge < -0.3 is 10.4 Å². The van der Waals surface area contributed by atoms with Crippen molar-refractivity contribution in [1.82, 2.24) is 4.98 Å². The molecule has 1 aromatic heterocycles. The number of nitrogens with one attached hydrogen (secondary N) is 1. The summed E-state index contributed by atoms with van der Waals surface area (Å²) in [6.07, 6.45) is 1.53. The molecule has 0 fully saturated rings. The molecule has 0 saturated carbocycles. The second-order valence-corrected chi connectivity index (χ2v) is 5.05. The van der Waals surface area contributed by atoms with E-state index in [0.29, 0.717) is 15.7 Å². The van der Waals surface area contributed by atoms with Crippen LogP contribution in [0.15, 0.2) is 41.0 Å². The van der Waals surface area contributed by atoms with Gasteiger partial charge in [0.25, 0.3) is 5.91 Å². The smallest absolute Gasteiger partial charge is 0.337 e. The SMILES string of the molecule is Cc1cc(C(=O)Nc2ccc(Br)cc2C(=O)O)ccn1. The molecule has 0 radical (unpaired) electrons. The monoisotopic (exact) mass is 334 g/mol. The highest BCUT2D eigenvalue weighted by molar-refractivity contribution is 9.10. The van der Waals surface area contributed by atoms with E-state index in [1.165, 1.54) is 12.3 Å². The normalized spacial score (nSPS) is 10.1. The Morgan fingerprint density at radius 3 is 2.65 bits per heavy atom. The van der Waals surface area contributed by atoms with Crippen LogP contribution in [-0.4, -0.2) is 22.0 Å². The van der Waals surface area contributed by atoms with Crippen molar-refractivity contribution in [1.29, 1.82) is 0 Å². The van der Waals surface area contributed by atoms with Crippen molar-refractivity contribution in [2.45, 2.75) is 6.92 Å². The number of carboxylic acid groups (broad SMARTS) is 1. The molecule has 0 unspecified atom stereocenters. The van der Waals surface area contributed by atoms with E-state index in [9.17, 15) is 9.59 Å². The average molecular weight is 335 g/mol. The Labute approximate surface area is 123 Å². The van der Waals surface area contributed by atoms with Gasteiger partial charge in [0.05, 0.1) is 11.3 Å². The number of rotatable bonds is 3. The van der Waals surface area contributed by atoms with E-state index in [-0.39, 0.29) is 17.2 Å². The summed E-state index contributed by atoms with van der Waals surface area (Å²) in [7, 11) is 0. The molecule has 0 aliphatic carbocycles. The molecular weight excluding hydrogens is 324 g/mol. The van der Waals surface area contributed by atoms with Gasteiger partial charge in [0.15, 0.2) is 0 Å². The van der Waals surface area contributed by atoms with Gasteiger partial charge in [0, 0.05) is 21.9 Å². The highest BCUT2D eigenvalue weighted by atomic mass is 79.9. The Kier molecular flexibility index (Phi) is 4.14. The minimum Gasteiger partial charge on any atom is -0.478 e. The van der Waals surface area contributed by atoms with Crippen LogP contribution in [-0.2, 0) is 0 Å². The Hall–Kier alpha value is -2.21. The molecule has 1 aromatic carbocycles. The van der Waals surface area contributed by atoms with Gasteiger partial charge in [-0.05, 0) is 37.3 Å². The van der Waals surface area contributed by atoms with E-state index in [4.69, 9.17) is 5.11 Å². The topological polar surface area (TPSA) is 79.3 Å². The highest BCUT2D eigenvalue weighted by Crippen LogP contribution is 2.21. The van der Waals surface area contributed by atoms with Gasteiger partial charge in [-0.3, -0.25) is 9.78 Å². The second-order valence-electron chi connectivity index (χ2n) is 4.14. The van der Waals surface area contributed by atoms with E-state index < -0.39 is 5.97 Å². The largest absolute Gasteiger partial charge is 0.478 e. The average Bonchev–Trinajstić information content (AvgIpc) is 2.40. The highest BCUT2D eigenvalue weighted by Gasteiger charge is 2.14. The van der Waals surface area contributed by atoms with Crippen molar-refractivity contribution in [3.8, 4) is 0 Å². The molecule has 0 saturated heterocycles. The molecule has 1 heterocycles. The number of pyridine rings is 1. The number of carbonyl (C=O) groups is 2. The molecule has 6 heteroatoms. The summed E-state index contributed by atoms with van der Waals surface area (Å²) < 4.78 is 0.632. The van der Waals surface area contributed by atoms with Crippen LogP contribution >= 0.6 is 15.9 Å². The third-order valence-corrected chi connectivity index (χ3v) is 3.11. The van der Waals surface area contributed by atoms with Crippen LogP contribution in [0.4, 0.5) is 5.69 Å². The third-order valence-electron chi connectivity index (χ3n) is 2.62. The van der Waals surface area contributed by atoms with Gasteiger partial charge in [-0.2, -0.15) is 0 Å². The molecule has 5 nitrogen and oxygen atoms in total. The summed E-state index contributed by atoms with van der Waals surface area (Å²) in [5, 5.41) is 11.7. The van der Waals surface area contributed by atoms with Gasteiger partial charge in [0.2, 0.25) is 0 Å². The lowest BCUT2D eigenvalue weighted by Crippen LogP contribution is -2.15. The number of aryl methyl sites for hydroxylation is 1. The first kappa shape index (κ1) is 14.2. The third kappa shape index (κ3) is 3.21. The predicted octanol–water partition coefficient (Wildman–Crippen LogP) is 3.10. The van der Waals surface area contributed by atoms with Crippen molar-refractivity contribution < 1.29 is 14.7 Å². The molecule has 20 heavy (non-hydrogen) atoms. The lowest BCUT2D eigenvalue weighted by molar-refractivity contribution is 0.0698. The van der Waals surface area contributed by atoms with Gasteiger partial charge in [-0.1, -0.05) is 15.9 Å². The summed E-state index contributed by atoms with van der Waals surface area (Å²) in [6, 6.07) is 7.85. The van der Waals surface area contributed by atoms with Gasteiger partial charge in [-0.25, -0.2) is 4.79 Å². The summed E-state index contributed by atoms with van der Waals surface area (Å²) in [6.45, 7) is 1.78. The standard InChI is InChI=1S/C14H11BrN2O3/c1-8-6-9(4-5-16-8)13(18)17-12-3-2-10(15)7-11(12)14(19)20/h2-7H,1H3,(H,17,18)(H,19,20). The minimum atomic E-state index is -1.10. The zero-order chi connectivity index (χ0) is 14.7. The molecule has 0 spiro atoms. The van der Waals surface area contributed by atoms with Crippen LogP contribution in [0.3, 0.4) is 0 Å². The maximum atomic E-state index is 12.1. The van der Waals surface area contributed by atoms with E-state index in [1.54, 1.807) is 31.2 Å². The van der Waals surface area contributed by atoms with Crippen molar-refractivity contribution in [3.05, 3.63) is 57.8 Å². The maximum Gasteiger partial charge on any atom is 0.337 e. The number of hydrogen-bond acceptors (Lipinski definition) is 3. The fourth-order valence-corrected chi connectivity index (χ4v) is 2.04. The van der Waals surface area contributed by atoms with Crippen molar-refractivity contribution in [2.75, 3.05) is 5.32 Å². The first-order chi connectivity index (χ1) is 9.47. The van der Waals surface area contributed by atoms with Crippen LogP contribution in [0.1, 0.15) is 26.4 Å². The molecule has 2 N–H and O–H groups in total. The van der Waals surface area contributed by atoms with Gasteiger partial charge in [-0.15, -0.1) is 0 Å². The van der Waals surface area contributed by atoms with Crippen molar-refractivity contribution in [2.24, 2.45) is 0 Å². The molecule has 0 atom stereocenters. The zero-order valence-corrected chi connectivity index (χ0v) is 12.1. The minimum absolute atomic E-state index is 0.0264. The van der Waals surface area contributed by atoms with E-state index >= 15 is 0 Å². The summed E-state index contributed by atoms with van der Waals surface area (Å²) in [5.74, 6) is -1.48. The van der Waals surface area contributed by atoms with E-state index in [0.717, 1.165) is 0 Å². The second kappa shape index (κ2) is 5.83. The first-order valence-electron chi connectivity index (χ1n) is 5.74. The lowest BCUT2D eigenvalue weighted by Gasteiger charge is -2.09. The molecule has 0 bridgehead atoms. The van der Waals surface area contributed by atoms with Gasteiger partial charge in [0.1, 0.15) is 0 Å². The summed E-state index contributed by atoms with van der Waals surface area (Å²) >= 11 is 3.20. The maximum absolute atomic E-state index is 12.1. The number of carboxylic acids is 1. The van der Waals surface area contributed by atoms with Crippen LogP contribution in [0.25, 0.3) is 0 Å². The molecular formula is C14H11BrN2O3. The van der Waals surface area contributed by atoms with Crippen molar-refractivity contribution >= 4 is 33.5 Å². The summed E-state index contributed by atoms with van der Waals surface area (Å²) in [5.41, 5.74) is 1.42. The number of halogens is 1. The number of aromatic nitrogens is 1. The fraction of sp³-hybridized carbons (Fsp3) is 0.0714. The van der Waals surface area contributed by atoms with Crippen LogP contribution < -0.4 is 5.32 Å². The molecule has 102 valence electrons. The Bertz CT molecular complexity index is 686. The molecule has 0 aliphatic rings. The van der Waals surface area contributed by atoms with Crippen molar-refractivity contribution in [3.63, 3.8) is 0 Å². The number of amides is 1. The lowest BCUT2D eigenvalue weighted by atomic mass is 10.1. The van der Waals surface area contributed by atoms with Crippen LogP contribution in [0.5, 0.6) is 0 Å². The molecule has 2 aromatic rings. The fourth-order valence-electron chi connectivity index (χ4n) is 1.68. The number of anilines is 1. The van der Waals surface area contributed by atoms with Gasteiger partial charge >= 0.3 is 5.97 Å². The number of carbonyl (C=O) groups excluding carboxylic acids is 1. The Morgan fingerprint density at radius 2 is 2.00 bits per heavy atom. The summed E-state index contributed by atoms with van der Waals surface area (Å²) in [4.78, 5) is 27.3. The van der Waals surface area contributed by atoms with E-state index in [2.05, 4.69) is 26.2 Å². The predicted molar refractivity (Wildman–Crippen MR) is 78.0 cm³/mol. The number of aromatic carboxylic acids is 1. The molecule has 0 aliphatic heterocycles.